The molecule has 1 fully saturated rings. The number of hydrogen-bond donors (Lipinski definition) is 0. The molecular formula is C25H25N3O6S. The second-order valence-corrected chi connectivity index (χ2v) is 9.50. The third-order valence-corrected chi connectivity index (χ3v) is 7.53. The number of ether oxygens (including phenoxy) is 3. The van der Waals surface area contributed by atoms with Crippen LogP contribution >= 0.6 is 11.3 Å². The molecule has 0 radical (unpaired) electrons. The van der Waals surface area contributed by atoms with E-state index in [-0.39, 0.29) is 30.6 Å². The first-order chi connectivity index (χ1) is 17.0. The minimum atomic E-state index is -0.706. The minimum absolute atomic E-state index is 0.0786. The van der Waals surface area contributed by atoms with Crippen molar-refractivity contribution in [2.45, 2.75) is 38.1 Å². The quantitative estimate of drug-likeness (QED) is 0.320. The molecule has 5 rings (SSSR count). The van der Waals surface area contributed by atoms with Crippen molar-refractivity contribution >= 4 is 27.5 Å². The van der Waals surface area contributed by atoms with Gasteiger partial charge in [-0.2, -0.15) is 4.98 Å². The van der Waals surface area contributed by atoms with Crippen molar-refractivity contribution in [3.05, 3.63) is 58.2 Å². The molecule has 10 heteroatoms. The molecular weight excluding hydrogens is 470 g/mol. The maximum Gasteiger partial charge on any atom is 0.307 e. The first-order valence-electron chi connectivity index (χ1n) is 11.3. The zero-order chi connectivity index (χ0) is 24.6. The van der Waals surface area contributed by atoms with Crippen LogP contribution in [0.15, 0.2) is 45.9 Å². The van der Waals surface area contributed by atoms with Crippen LogP contribution in [0.25, 0.3) is 21.0 Å². The van der Waals surface area contributed by atoms with Gasteiger partial charge in [0.25, 0.3) is 5.56 Å². The number of esters is 1. The number of thiophene rings is 1. The molecule has 0 N–H and O–H groups in total. The fourth-order valence-electron chi connectivity index (χ4n) is 4.35. The molecule has 0 saturated heterocycles. The summed E-state index contributed by atoms with van der Waals surface area (Å²) in [6.45, 7) is 2.14. The summed E-state index contributed by atoms with van der Waals surface area (Å²) in [5.41, 5.74) is 0.782. The fraction of sp³-hybridized carbons (Fsp3) is 0.360. The predicted molar refractivity (Wildman–Crippen MR) is 130 cm³/mol. The van der Waals surface area contributed by atoms with Crippen molar-refractivity contribution in [1.29, 1.82) is 0 Å². The van der Waals surface area contributed by atoms with Crippen molar-refractivity contribution in [2.75, 3.05) is 20.8 Å². The van der Waals surface area contributed by atoms with E-state index in [4.69, 9.17) is 23.6 Å². The van der Waals surface area contributed by atoms with E-state index in [2.05, 4.69) is 4.98 Å². The van der Waals surface area contributed by atoms with Crippen LogP contribution in [0.2, 0.25) is 0 Å². The smallest absolute Gasteiger partial charge is 0.307 e. The van der Waals surface area contributed by atoms with Gasteiger partial charge in [-0.25, -0.2) is 4.98 Å². The Kier molecular flexibility index (Phi) is 6.06. The lowest BCUT2D eigenvalue weighted by molar-refractivity contribution is -0.141. The Morgan fingerprint density at radius 2 is 2.06 bits per heavy atom. The maximum absolute atomic E-state index is 13.9. The molecule has 9 nitrogen and oxygen atoms in total. The van der Waals surface area contributed by atoms with Gasteiger partial charge in [-0.3, -0.25) is 14.2 Å². The highest BCUT2D eigenvalue weighted by molar-refractivity contribution is 7.22. The van der Waals surface area contributed by atoms with E-state index < -0.39 is 5.54 Å². The Labute approximate surface area is 205 Å². The number of methoxy groups -OCH3 is 2. The molecule has 0 atom stereocenters. The zero-order valence-electron chi connectivity index (χ0n) is 19.7. The molecule has 4 aromatic rings. The average Bonchev–Trinajstić information content (AvgIpc) is 3.26. The van der Waals surface area contributed by atoms with E-state index in [1.165, 1.54) is 24.7 Å². The Morgan fingerprint density at radius 3 is 2.74 bits per heavy atom. The van der Waals surface area contributed by atoms with Crippen LogP contribution in [0.5, 0.6) is 11.8 Å². The highest BCUT2D eigenvalue weighted by atomic mass is 32.1. The zero-order valence-corrected chi connectivity index (χ0v) is 20.5. The maximum atomic E-state index is 13.9. The molecule has 1 saturated carbocycles. The Morgan fingerprint density at radius 1 is 1.26 bits per heavy atom. The number of hydrogen-bond acceptors (Lipinski definition) is 9. The standard InChI is InChI=1S/C25H25N3O6S/c1-15-19-22(35-20(15)21-26-11-13-33-21)27-24(34-12-8-16-6-4-5-7-17(16)31-2)28(23(19)30)25(9-10-25)14-18(29)32-3/h4-7,11,13H,8-10,12,14H2,1-3H3. The minimum Gasteiger partial charge on any atom is -0.496 e. The number of rotatable bonds is 9. The molecule has 182 valence electrons. The van der Waals surface area contributed by atoms with Gasteiger partial charge in [0.05, 0.1) is 49.2 Å². The van der Waals surface area contributed by atoms with E-state index >= 15 is 0 Å². The van der Waals surface area contributed by atoms with E-state index in [1.54, 1.807) is 17.9 Å². The molecule has 3 heterocycles. The molecule has 0 aliphatic heterocycles. The molecule has 1 aliphatic rings. The highest BCUT2D eigenvalue weighted by Gasteiger charge is 2.49. The van der Waals surface area contributed by atoms with Gasteiger partial charge in [-0.1, -0.05) is 18.2 Å². The summed E-state index contributed by atoms with van der Waals surface area (Å²) in [6.07, 6.45) is 5.02. The number of oxazole rings is 1. The van der Waals surface area contributed by atoms with Gasteiger partial charge in [0.1, 0.15) is 16.8 Å². The SMILES string of the molecule is COC(=O)CC1(n2c(OCCc3ccccc3OC)nc3sc(-c4ncco4)c(C)c3c2=O)CC1. The second kappa shape index (κ2) is 9.18. The van der Waals surface area contributed by atoms with Crippen molar-refractivity contribution in [2.24, 2.45) is 0 Å². The summed E-state index contributed by atoms with van der Waals surface area (Å²) >= 11 is 1.33. The fourth-order valence-corrected chi connectivity index (χ4v) is 5.45. The topological polar surface area (TPSA) is 106 Å². The third-order valence-electron chi connectivity index (χ3n) is 6.36. The van der Waals surface area contributed by atoms with E-state index in [0.29, 0.717) is 35.4 Å². The molecule has 35 heavy (non-hydrogen) atoms. The van der Waals surface area contributed by atoms with Crippen molar-refractivity contribution in [3.8, 4) is 22.5 Å². The molecule has 1 aliphatic carbocycles. The summed E-state index contributed by atoms with van der Waals surface area (Å²) in [4.78, 5) is 36.3. The highest BCUT2D eigenvalue weighted by Crippen LogP contribution is 2.48. The third kappa shape index (κ3) is 4.18. The second-order valence-electron chi connectivity index (χ2n) is 8.50. The van der Waals surface area contributed by atoms with E-state index in [1.807, 2.05) is 31.2 Å². The average molecular weight is 496 g/mol. The van der Waals surface area contributed by atoms with Crippen LogP contribution in [0, 0.1) is 6.92 Å². The predicted octanol–water partition coefficient (Wildman–Crippen LogP) is 4.10. The number of fused-ring (bicyclic) bond motifs is 1. The van der Waals surface area contributed by atoms with Crippen molar-refractivity contribution in [3.63, 3.8) is 0 Å². The Balaban J connectivity index is 1.57. The van der Waals surface area contributed by atoms with Crippen LogP contribution in [0.3, 0.4) is 0 Å². The number of aryl methyl sites for hydroxylation is 1. The Bertz CT molecular complexity index is 1440. The van der Waals surface area contributed by atoms with Gasteiger partial charge in [0, 0.05) is 6.42 Å². The number of para-hydroxylation sites is 1. The Hall–Kier alpha value is -3.66. The lowest BCUT2D eigenvalue weighted by Gasteiger charge is -2.21. The van der Waals surface area contributed by atoms with Crippen molar-refractivity contribution in [1.82, 2.24) is 14.5 Å². The van der Waals surface area contributed by atoms with Crippen LogP contribution in [-0.4, -0.2) is 41.3 Å². The lowest BCUT2D eigenvalue weighted by atomic mass is 10.1. The largest absolute Gasteiger partial charge is 0.496 e. The van der Waals surface area contributed by atoms with E-state index in [9.17, 15) is 9.59 Å². The molecule has 0 spiro atoms. The number of nitrogens with zero attached hydrogens (tertiary/aromatic N) is 3. The van der Waals surface area contributed by atoms with Crippen LogP contribution in [0.1, 0.15) is 30.4 Å². The van der Waals surface area contributed by atoms with Gasteiger partial charge in [0.2, 0.25) is 5.89 Å². The van der Waals surface area contributed by atoms with Gasteiger partial charge in [-0.15, -0.1) is 11.3 Å². The molecule has 1 aromatic carbocycles. The summed E-state index contributed by atoms with van der Waals surface area (Å²) in [5.74, 6) is 0.827. The van der Waals surface area contributed by atoms with Gasteiger partial charge < -0.3 is 18.6 Å². The van der Waals surface area contributed by atoms with Gasteiger partial charge in [-0.05, 0) is 37.0 Å². The van der Waals surface area contributed by atoms with Crippen LogP contribution in [0.4, 0.5) is 0 Å². The molecule has 0 unspecified atom stereocenters. The summed E-state index contributed by atoms with van der Waals surface area (Å²) in [5, 5.41) is 0.483. The van der Waals surface area contributed by atoms with Crippen LogP contribution < -0.4 is 15.0 Å². The monoisotopic (exact) mass is 495 g/mol. The molecule has 0 bridgehead atoms. The van der Waals surface area contributed by atoms with Gasteiger partial charge >= 0.3 is 12.0 Å². The lowest BCUT2D eigenvalue weighted by Crippen LogP contribution is -2.34. The summed E-state index contributed by atoms with van der Waals surface area (Å²) < 4.78 is 23.5. The number of carbonyl (C=O) groups is 1. The van der Waals surface area contributed by atoms with Crippen LogP contribution in [-0.2, 0) is 21.5 Å². The first-order valence-corrected chi connectivity index (χ1v) is 12.1. The first kappa shape index (κ1) is 23.1. The van der Waals surface area contributed by atoms with Gasteiger partial charge in [0.15, 0.2) is 0 Å². The summed E-state index contributed by atoms with van der Waals surface area (Å²) in [7, 11) is 2.97. The number of carbonyl (C=O) groups excluding carboxylic acids is 1. The normalized spacial score (nSPS) is 14.1. The molecule has 0 amide bonds. The van der Waals surface area contributed by atoms with Crippen molar-refractivity contribution < 1.29 is 23.4 Å². The number of benzene rings is 1. The number of aromatic nitrogens is 3. The molecule has 3 aromatic heterocycles. The van der Waals surface area contributed by atoms with E-state index in [0.717, 1.165) is 21.8 Å². The summed E-state index contributed by atoms with van der Waals surface area (Å²) in [6, 6.07) is 7.90.